The Morgan fingerprint density at radius 1 is 1.18 bits per heavy atom. The van der Waals surface area contributed by atoms with Gasteiger partial charge in [-0.25, -0.2) is 0 Å². The van der Waals surface area contributed by atoms with Gasteiger partial charge in [-0.3, -0.25) is 14.9 Å². The van der Waals surface area contributed by atoms with Crippen LogP contribution < -0.4 is 21.1 Å². The van der Waals surface area contributed by atoms with E-state index in [0.717, 1.165) is 40.5 Å². The van der Waals surface area contributed by atoms with Crippen molar-refractivity contribution < 1.29 is 14.3 Å². The Hall–Kier alpha value is -2.97. The minimum absolute atomic E-state index is 0.105. The highest BCUT2D eigenvalue weighted by molar-refractivity contribution is 7.80. The van der Waals surface area contributed by atoms with Crippen molar-refractivity contribution in [2.75, 3.05) is 12.4 Å². The Labute approximate surface area is 208 Å². The maximum Gasteiger partial charge on any atom is 0.261 e. The molecule has 1 aliphatic carbocycles. The Balaban J connectivity index is 1.56. The van der Waals surface area contributed by atoms with Gasteiger partial charge in [-0.05, 0) is 71.3 Å². The van der Waals surface area contributed by atoms with E-state index in [2.05, 4.69) is 31.4 Å². The Morgan fingerprint density at radius 3 is 2.47 bits per heavy atom. The number of anilines is 1. The van der Waals surface area contributed by atoms with Crippen molar-refractivity contribution >= 4 is 56.3 Å². The van der Waals surface area contributed by atoms with Gasteiger partial charge in [0.15, 0.2) is 5.11 Å². The van der Waals surface area contributed by atoms with E-state index in [1.807, 2.05) is 30.3 Å². The summed E-state index contributed by atoms with van der Waals surface area (Å²) >= 11 is 6.92. The second-order valence-electron chi connectivity index (χ2n) is 9.69. The van der Waals surface area contributed by atoms with Gasteiger partial charge in [0.1, 0.15) is 10.8 Å². The van der Waals surface area contributed by atoms with Crippen LogP contribution in [0.2, 0.25) is 0 Å². The van der Waals surface area contributed by atoms with E-state index in [9.17, 15) is 9.59 Å². The summed E-state index contributed by atoms with van der Waals surface area (Å²) in [5, 5.41) is 8.36. The van der Waals surface area contributed by atoms with Crippen molar-refractivity contribution in [3.8, 4) is 5.75 Å². The van der Waals surface area contributed by atoms with Gasteiger partial charge in [0.05, 0.1) is 18.2 Å². The number of nitrogens with one attached hydrogen (secondary N) is 2. The minimum Gasteiger partial charge on any atom is -0.496 e. The lowest BCUT2D eigenvalue weighted by Gasteiger charge is -2.33. The molecular formula is C26H29N3O3S2. The van der Waals surface area contributed by atoms with Crippen molar-refractivity contribution in [1.82, 2.24) is 5.32 Å². The van der Waals surface area contributed by atoms with E-state index < -0.39 is 11.8 Å². The molecule has 0 saturated heterocycles. The zero-order valence-electron chi connectivity index (χ0n) is 19.8. The van der Waals surface area contributed by atoms with Crippen molar-refractivity contribution in [3.05, 3.63) is 58.0 Å². The third-order valence-corrected chi connectivity index (χ3v) is 7.88. The molecule has 1 aromatic heterocycles. The van der Waals surface area contributed by atoms with Crippen LogP contribution in [0.4, 0.5) is 5.00 Å². The first-order valence-corrected chi connectivity index (χ1v) is 12.4. The summed E-state index contributed by atoms with van der Waals surface area (Å²) in [4.78, 5) is 26.5. The second-order valence-corrected chi connectivity index (χ2v) is 11.2. The van der Waals surface area contributed by atoms with Crippen LogP contribution in [-0.4, -0.2) is 24.0 Å². The molecule has 4 N–H and O–H groups in total. The number of carbonyl (C=O) groups is 2. The van der Waals surface area contributed by atoms with E-state index in [-0.39, 0.29) is 10.5 Å². The highest BCUT2D eigenvalue weighted by atomic mass is 32.1. The van der Waals surface area contributed by atoms with Crippen LogP contribution in [0.3, 0.4) is 0 Å². The number of amides is 2. The first-order chi connectivity index (χ1) is 16.1. The molecule has 6 nitrogen and oxygen atoms in total. The van der Waals surface area contributed by atoms with Gasteiger partial charge in [0, 0.05) is 4.88 Å². The number of ether oxygens (including phenoxy) is 1. The minimum atomic E-state index is -0.487. The van der Waals surface area contributed by atoms with Crippen molar-refractivity contribution in [1.29, 1.82) is 0 Å². The van der Waals surface area contributed by atoms with Gasteiger partial charge in [0.2, 0.25) is 0 Å². The summed E-state index contributed by atoms with van der Waals surface area (Å²) in [5.74, 6) is 0.102. The van der Waals surface area contributed by atoms with Gasteiger partial charge >= 0.3 is 0 Å². The number of methoxy groups -OCH3 is 1. The first kappa shape index (κ1) is 24.2. The maximum absolute atomic E-state index is 13.0. The van der Waals surface area contributed by atoms with Gasteiger partial charge in [0.25, 0.3) is 11.8 Å². The fourth-order valence-electron chi connectivity index (χ4n) is 4.54. The Bertz CT molecular complexity index is 1290. The van der Waals surface area contributed by atoms with Crippen molar-refractivity contribution in [2.24, 2.45) is 17.1 Å². The smallest absolute Gasteiger partial charge is 0.261 e. The third-order valence-electron chi connectivity index (χ3n) is 6.50. The molecule has 8 heteroatoms. The number of fused-ring (bicyclic) bond motifs is 2. The summed E-state index contributed by atoms with van der Waals surface area (Å²) in [6.45, 7) is 6.74. The van der Waals surface area contributed by atoms with Gasteiger partial charge in [-0.2, -0.15) is 0 Å². The van der Waals surface area contributed by atoms with Crippen LogP contribution in [0, 0.1) is 11.3 Å². The number of thiophene rings is 1. The quantitative estimate of drug-likeness (QED) is 0.428. The molecule has 0 spiro atoms. The van der Waals surface area contributed by atoms with E-state index >= 15 is 0 Å². The highest BCUT2D eigenvalue weighted by Crippen LogP contribution is 2.44. The molecular weight excluding hydrogens is 466 g/mol. The molecule has 0 fully saturated rings. The molecule has 4 rings (SSSR count). The zero-order valence-corrected chi connectivity index (χ0v) is 21.4. The molecule has 1 heterocycles. The number of hydrogen-bond acceptors (Lipinski definition) is 5. The molecule has 0 radical (unpaired) electrons. The molecule has 1 aliphatic rings. The normalized spacial score (nSPS) is 15.5. The van der Waals surface area contributed by atoms with Crippen LogP contribution >= 0.6 is 23.6 Å². The standard InChI is InChI=1S/C26H29N3O3S2/c1-26(2,3)16-9-10-17-20(13-16)34-24(21(17)22(27)30)29-25(33)28-23(31)18-11-14-7-5-6-8-15(14)12-19(18)32-4/h5-8,11-12,16H,9-10,13H2,1-4H3,(H2,27,30)(H2,28,29,31,33)/t16-/m1/s1. The molecule has 0 bridgehead atoms. The summed E-state index contributed by atoms with van der Waals surface area (Å²) in [7, 11) is 1.53. The Kier molecular flexibility index (Phi) is 6.64. The average molecular weight is 496 g/mol. The lowest BCUT2D eigenvalue weighted by molar-refractivity contribution is 0.0972. The molecule has 2 aromatic carbocycles. The fraction of sp³-hybridized carbons (Fsp3) is 0.346. The van der Waals surface area contributed by atoms with Crippen LogP contribution in [0.1, 0.15) is 58.3 Å². The summed E-state index contributed by atoms with van der Waals surface area (Å²) in [6.07, 6.45) is 2.72. The van der Waals surface area contributed by atoms with Crippen LogP contribution in [0.5, 0.6) is 5.75 Å². The van der Waals surface area contributed by atoms with Crippen LogP contribution in [-0.2, 0) is 12.8 Å². The van der Waals surface area contributed by atoms with Gasteiger partial charge < -0.3 is 15.8 Å². The van der Waals surface area contributed by atoms with E-state index in [0.29, 0.717) is 27.8 Å². The van der Waals surface area contributed by atoms with E-state index in [4.69, 9.17) is 22.7 Å². The summed E-state index contributed by atoms with van der Waals surface area (Å²) < 4.78 is 5.43. The average Bonchev–Trinajstić information content (AvgIpc) is 3.14. The summed E-state index contributed by atoms with van der Waals surface area (Å²) in [6, 6.07) is 11.3. The predicted molar refractivity (Wildman–Crippen MR) is 142 cm³/mol. The predicted octanol–water partition coefficient (Wildman–Crippen LogP) is 5.29. The highest BCUT2D eigenvalue weighted by Gasteiger charge is 2.33. The van der Waals surface area contributed by atoms with Crippen LogP contribution in [0.15, 0.2) is 36.4 Å². The first-order valence-electron chi connectivity index (χ1n) is 11.2. The number of benzene rings is 2. The zero-order chi connectivity index (χ0) is 24.6. The second kappa shape index (κ2) is 9.35. The number of nitrogens with two attached hydrogens (primary N) is 1. The maximum atomic E-state index is 13.0. The van der Waals surface area contributed by atoms with Gasteiger partial charge in [-0.15, -0.1) is 11.3 Å². The number of thiocarbonyl (C=S) groups is 1. The third kappa shape index (κ3) is 4.79. The number of carbonyl (C=O) groups excluding carboxylic acids is 2. The van der Waals surface area contributed by atoms with E-state index in [1.165, 1.54) is 18.4 Å². The number of hydrogen-bond donors (Lipinski definition) is 3. The summed E-state index contributed by atoms with van der Waals surface area (Å²) in [5.41, 5.74) is 7.79. The molecule has 0 saturated carbocycles. The Morgan fingerprint density at radius 2 is 1.85 bits per heavy atom. The van der Waals surface area contributed by atoms with Crippen molar-refractivity contribution in [2.45, 2.75) is 40.0 Å². The molecule has 0 aliphatic heterocycles. The lowest BCUT2D eigenvalue weighted by Crippen LogP contribution is -2.34. The number of rotatable bonds is 4. The SMILES string of the molecule is COc1cc2ccccc2cc1C(=O)NC(=S)Nc1sc2c(c1C(N)=O)CC[C@@H](C(C)(C)C)C2. The fourth-order valence-corrected chi connectivity index (χ4v) is 6.14. The largest absolute Gasteiger partial charge is 0.496 e. The van der Waals surface area contributed by atoms with Gasteiger partial charge in [-0.1, -0.05) is 45.0 Å². The molecule has 0 unspecified atom stereocenters. The van der Waals surface area contributed by atoms with Crippen molar-refractivity contribution in [3.63, 3.8) is 0 Å². The molecule has 3 aromatic rings. The number of primary amides is 1. The lowest BCUT2D eigenvalue weighted by atomic mass is 9.72. The monoisotopic (exact) mass is 495 g/mol. The molecule has 2 amide bonds. The molecule has 34 heavy (non-hydrogen) atoms. The molecule has 178 valence electrons. The van der Waals surface area contributed by atoms with E-state index in [1.54, 1.807) is 6.07 Å². The molecule has 1 atom stereocenters. The van der Waals surface area contributed by atoms with Crippen LogP contribution in [0.25, 0.3) is 10.8 Å². The topological polar surface area (TPSA) is 93.4 Å².